The number of nitrogens with zero attached hydrogens (tertiary/aromatic N) is 3. The molecule has 0 amide bonds. The summed E-state index contributed by atoms with van der Waals surface area (Å²) >= 11 is 1.09. The molecule has 7 heteroatoms. The van der Waals surface area contributed by atoms with Gasteiger partial charge in [0.25, 0.3) is 0 Å². The number of aromatic nitrogens is 2. The molecule has 0 fully saturated rings. The molecule has 2 aromatic rings. The Bertz CT molecular complexity index is 497. The van der Waals surface area contributed by atoms with Crippen LogP contribution in [0, 0.1) is 10.1 Å². The van der Waals surface area contributed by atoms with Crippen molar-refractivity contribution < 1.29 is 4.92 Å². The van der Waals surface area contributed by atoms with E-state index in [-0.39, 0.29) is 5.00 Å². The maximum Gasteiger partial charge on any atom is 0.324 e. The molecule has 0 atom stereocenters. The smallest absolute Gasteiger partial charge is 0.324 e. The molecular weight excluding hydrogens is 216 g/mol. The van der Waals surface area contributed by atoms with Gasteiger partial charge in [0.15, 0.2) is 0 Å². The number of hydrogen-bond donors (Lipinski definition) is 1. The predicted molar refractivity (Wildman–Crippen MR) is 57.6 cm³/mol. The monoisotopic (exact) mass is 224 g/mol. The average Bonchev–Trinajstić information content (AvgIpc) is 2.74. The van der Waals surface area contributed by atoms with Crippen LogP contribution < -0.4 is 5.73 Å². The summed E-state index contributed by atoms with van der Waals surface area (Å²) in [5.74, 6) is 0.529. The van der Waals surface area contributed by atoms with Gasteiger partial charge < -0.3 is 5.73 Å². The molecular formula is C8H8N4O2S. The molecule has 0 aliphatic rings. The lowest BCUT2D eigenvalue weighted by Gasteiger charge is -1.89. The average molecular weight is 224 g/mol. The molecule has 0 unspecified atom stereocenters. The van der Waals surface area contributed by atoms with E-state index in [0.29, 0.717) is 11.5 Å². The van der Waals surface area contributed by atoms with Crippen LogP contribution >= 0.6 is 11.3 Å². The molecule has 15 heavy (non-hydrogen) atoms. The molecule has 2 N–H and O–H groups in total. The lowest BCUT2D eigenvalue weighted by atomic mass is 10.3. The highest BCUT2D eigenvalue weighted by Gasteiger charge is 2.13. The highest BCUT2D eigenvalue weighted by molar-refractivity contribution is 7.18. The maximum absolute atomic E-state index is 10.5. The van der Waals surface area contributed by atoms with Gasteiger partial charge in [0.05, 0.1) is 9.80 Å². The van der Waals surface area contributed by atoms with Crippen LogP contribution in [0.2, 0.25) is 0 Å². The van der Waals surface area contributed by atoms with Crippen LogP contribution in [0.3, 0.4) is 0 Å². The van der Waals surface area contributed by atoms with E-state index in [4.69, 9.17) is 5.73 Å². The summed E-state index contributed by atoms with van der Waals surface area (Å²) < 4.78 is 1.53. The van der Waals surface area contributed by atoms with Gasteiger partial charge in [-0.15, -0.1) is 0 Å². The minimum atomic E-state index is -0.416. The van der Waals surface area contributed by atoms with Crippen molar-refractivity contribution in [2.24, 2.45) is 7.05 Å². The van der Waals surface area contributed by atoms with Gasteiger partial charge in [-0.05, 0) is 6.07 Å². The second-order valence-corrected chi connectivity index (χ2v) is 4.04. The molecule has 0 saturated carbocycles. The van der Waals surface area contributed by atoms with Crippen LogP contribution in [0.4, 0.5) is 10.8 Å². The molecule has 0 spiro atoms. The molecule has 2 heterocycles. The van der Waals surface area contributed by atoms with Crippen molar-refractivity contribution in [1.82, 2.24) is 9.78 Å². The molecule has 0 aromatic carbocycles. The Hall–Kier alpha value is -1.89. The normalized spacial score (nSPS) is 10.5. The number of nitro groups is 1. The van der Waals surface area contributed by atoms with Gasteiger partial charge in [0.1, 0.15) is 11.5 Å². The summed E-state index contributed by atoms with van der Waals surface area (Å²) in [6, 6.07) is 4.82. The Morgan fingerprint density at radius 3 is 2.80 bits per heavy atom. The van der Waals surface area contributed by atoms with Crippen molar-refractivity contribution in [3.63, 3.8) is 0 Å². The number of hydrogen-bond acceptors (Lipinski definition) is 5. The molecule has 0 radical (unpaired) electrons. The zero-order valence-electron chi connectivity index (χ0n) is 7.88. The quantitative estimate of drug-likeness (QED) is 0.620. The Morgan fingerprint density at radius 2 is 2.33 bits per heavy atom. The lowest BCUT2D eigenvalue weighted by molar-refractivity contribution is -0.380. The summed E-state index contributed by atoms with van der Waals surface area (Å²) in [5, 5.41) is 14.7. The highest BCUT2D eigenvalue weighted by atomic mass is 32.1. The van der Waals surface area contributed by atoms with Gasteiger partial charge in [-0.25, -0.2) is 0 Å². The maximum atomic E-state index is 10.5. The van der Waals surface area contributed by atoms with Gasteiger partial charge in [-0.1, -0.05) is 11.3 Å². The van der Waals surface area contributed by atoms with E-state index in [1.807, 2.05) is 0 Å². The second-order valence-electron chi connectivity index (χ2n) is 2.97. The fourth-order valence-corrected chi connectivity index (χ4v) is 1.94. The second kappa shape index (κ2) is 3.35. The first-order valence-electron chi connectivity index (χ1n) is 4.12. The van der Waals surface area contributed by atoms with Crippen molar-refractivity contribution in [2.45, 2.75) is 0 Å². The number of thiophene rings is 1. The minimum Gasteiger partial charge on any atom is -0.384 e. The zero-order chi connectivity index (χ0) is 11.0. The SMILES string of the molecule is Cn1nc(-c2ccc([N+](=O)[O-])s2)cc1N. The van der Waals surface area contributed by atoms with E-state index in [0.717, 1.165) is 16.2 Å². The Balaban J connectivity index is 2.41. The molecule has 78 valence electrons. The van der Waals surface area contributed by atoms with E-state index >= 15 is 0 Å². The van der Waals surface area contributed by atoms with E-state index in [1.54, 1.807) is 19.2 Å². The van der Waals surface area contributed by atoms with Gasteiger partial charge in [-0.2, -0.15) is 5.10 Å². The number of nitrogen functional groups attached to an aromatic ring is 1. The minimum absolute atomic E-state index is 0.106. The summed E-state index contributed by atoms with van der Waals surface area (Å²) in [7, 11) is 1.72. The van der Waals surface area contributed by atoms with Crippen molar-refractivity contribution in [1.29, 1.82) is 0 Å². The van der Waals surface area contributed by atoms with Crippen LogP contribution in [0.15, 0.2) is 18.2 Å². The molecule has 0 aliphatic heterocycles. The third-order valence-electron chi connectivity index (χ3n) is 1.94. The molecule has 6 nitrogen and oxygen atoms in total. The number of anilines is 1. The first-order valence-corrected chi connectivity index (χ1v) is 4.93. The largest absolute Gasteiger partial charge is 0.384 e. The zero-order valence-corrected chi connectivity index (χ0v) is 8.69. The fourth-order valence-electron chi connectivity index (χ4n) is 1.17. The lowest BCUT2D eigenvalue weighted by Crippen LogP contribution is -1.96. The van der Waals surface area contributed by atoms with Crippen LogP contribution in [-0.2, 0) is 7.05 Å². The highest BCUT2D eigenvalue weighted by Crippen LogP contribution is 2.32. The molecule has 2 aromatic heterocycles. The summed E-state index contributed by atoms with van der Waals surface area (Å²) in [4.78, 5) is 10.8. The van der Waals surface area contributed by atoms with E-state index in [9.17, 15) is 10.1 Å². The predicted octanol–water partition coefficient (Wildman–Crippen LogP) is 1.64. The Labute approximate surface area is 89.1 Å². The van der Waals surface area contributed by atoms with Crippen molar-refractivity contribution >= 4 is 22.2 Å². The Kier molecular flexibility index (Phi) is 2.16. The van der Waals surface area contributed by atoms with E-state index in [1.165, 1.54) is 10.7 Å². The first-order chi connectivity index (χ1) is 7.08. The molecule has 0 aliphatic carbocycles. The molecule has 2 rings (SSSR count). The standard InChI is InChI=1S/C8H8N4O2S/c1-11-7(9)4-5(10-11)6-2-3-8(15-6)12(13)14/h2-4H,9H2,1H3. The van der Waals surface area contributed by atoms with Crippen molar-refractivity contribution in [2.75, 3.05) is 5.73 Å². The molecule has 0 bridgehead atoms. The number of rotatable bonds is 2. The summed E-state index contributed by atoms with van der Waals surface area (Å²) in [6.45, 7) is 0. The van der Waals surface area contributed by atoms with E-state index < -0.39 is 4.92 Å². The Morgan fingerprint density at radius 1 is 1.60 bits per heavy atom. The van der Waals surface area contributed by atoms with Crippen molar-refractivity contribution in [3.8, 4) is 10.6 Å². The molecule has 0 saturated heterocycles. The fraction of sp³-hybridized carbons (Fsp3) is 0.125. The third kappa shape index (κ3) is 1.68. The number of nitrogens with two attached hydrogens (primary N) is 1. The third-order valence-corrected chi connectivity index (χ3v) is 3.00. The van der Waals surface area contributed by atoms with Crippen LogP contribution in [0.5, 0.6) is 0 Å². The van der Waals surface area contributed by atoms with Gasteiger partial charge in [0.2, 0.25) is 0 Å². The van der Waals surface area contributed by atoms with Gasteiger partial charge in [0, 0.05) is 19.2 Å². The van der Waals surface area contributed by atoms with Gasteiger partial charge in [-0.3, -0.25) is 14.8 Å². The first kappa shape index (κ1) is 9.66. The van der Waals surface area contributed by atoms with Crippen LogP contribution in [0.1, 0.15) is 0 Å². The van der Waals surface area contributed by atoms with Crippen LogP contribution in [-0.4, -0.2) is 14.7 Å². The number of aryl methyl sites for hydroxylation is 1. The summed E-state index contributed by atoms with van der Waals surface area (Å²) in [6.07, 6.45) is 0. The topological polar surface area (TPSA) is 87.0 Å². The summed E-state index contributed by atoms with van der Waals surface area (Å²) in [5.41, 5.74) is 6.28. The van der Waals surface area contributed by atoms with Crippen LogP contribution in [0.25, 0.3) is 10.6 Å². The van der Waals surface area contributed by atoms with Gasteiger partial charge >= 0.3 is 5.00 Å². The van der Waals surface area contributed by atoms with Crippen molar-refractivity contribution in [3.05, 3.63) is 28.3 Å². The van der Waals surface area contributed by atoms with E-state index in [2.05, 4.69) is 5.10 Å².